The number of halogens is 3. The van der Waals surface area contributed by atoms with Crippen molar-refractivity contribution >= 4 is 17.6 Å². The fourth-order valence-corrected chi connectivity index (χ4v) is 2.53. The summed E-state index contributed by atoms with van der Waals surface area (Å²) in [5.41, 5.74) is -5.05. The molecule has 12 heteroatoms. The molecule has 3 N–H and O–H groups in total. The molecule has 0 atom stereocenters. The van der Waals surface area contributed by atoms with Gasteiger partial charge in [0, 0.05) is 13.1 Å². The van der Waals surface area contributed by atoms with Gasteiger partial charge in [-0.25, -0.2) is 4.79 Å². The molecule has 0 aliphatic heterocycles. The Kier molecular flexibility index (Phi) is 8.22. The van der Waals surface area contributed by atoms with Crippen molar-refractivity contribution in [2.75, 3.05) is 13.1 Å². The summed E-state index contributed by atoms with van der Waals surface area (Å²) in [5, 5.41) is 31.9. The molecule has 0 spiro atoms. The number of urea groups is 1. The van der Waals surface area contributed by atoms with Gasteiger partial charge in [0.25, 0.3) is 5.91 Å². The molecule has 0 aromatic heterocycles. The van der Waals surface area contributed by atoms with E-state index >= 15 is 0 Å². The van der Waals surface area contributed by atoms with E-state index in [0.717, 1.165) is 12.8 Å². The number of benzene rings is 1. The van der Waals surface area contributed by atoms with Crippen LogP contribution in [0.5, 0.6) is 11.5 Å². The molecule has 1 aromatic carbocycles. The second-order valence-electron chi connectivity index (χ2n) is 6.22. The number of carbonyl (C=O) groups excluding carboxylic acids is 2. The Morgan fingerprint density at radius 1 is 1.17 bits per heavy atom. The van der Waals surface area contributed by atoms with E-state index in [1.54, 1.807) is 5.32 Å². The molecule has 9 nitrogen and oxygen atoms in total. The van der Waals surface area contributed by atoms with Crippen LogP contribution in [-0.4, -0.2) is 45.1 Å². The van der Waals surface area contributed by atoms with E-state index in [1.807, 2.05) is 13.8 Å². The van der Waals surface area contributed by atoms with Gasteiger partial charge in [0.1, 0.15) is 5.56 Å². The first-order chi connectivity index (χ1) is 13.4. The highest BCUT2D eigenvalue weighted by Gasteiger charge is 2.43. The third-order valence-electron chi connectivity index (χ3n) is 4.04. The number of aromatic hydroxyl groups is 2. The molecule has 0 saturated heterocycles. The first-order valence-electron chi connectivity index (χ1n) is 8.86. The van der Waals surface area contributed by atoms with Crippen LogP contribution in [0.2, 0.25) is 0 Å². The quantitative estimate of drug-likeness (QED) is 0.332. The highest BCUT2D eigenvalue weighted by atomic mass is 19.4. The minimum Gasteiger partial charge on any atom is -0.504 e. The van der Waals surface area contributed by atoms with Crippen LogP contribution in [0.1, 0.15) is 55.5 Å². The van der Waals surface area contributed by atoms with Crippen LogP contribution in [-0.2, 0) is 6.18 Å². The molecule has 0 unspecified atom stereocenters. The largest absolute Gasteiger partial charge is 0.504 e. The number of nitrogens with one attached hydrogen (secondary N) is 1. The van der Waals surface area contributed by atoms with Crippen molar-refractivity contribution in [2.24, 2.45) is 0 Å². The lowest BCUT2D eigenvalue weighted by Crippen LogP contribution is -2.44. The number of hydrogen-bond donors (Lipinski definition) is 3. The fraction of sp³-hybridized carbons (Fsp3) is 0.529. The highest BCUT2D eigenvalue weighted by Crippen LogP contribution is 2.45. The molecular formula is C17H22F3N3O6. The predicted molar refractivity (Wildman–Crippen MR) is 95.7 cm³/mol. The van der Waals surface area contributed by atoms with Crippen molar-refractivity contribution < 1.29 is 37.9 Å². The number of nitro groups is 1. The van der Waals surface area contributed by atoms with Gasteiger partial charge < -0.3 is 15.1 Å². The summed E-state index contributed by atoms with van der Waals surface area (Å²) < 4.78 is 39.9. The van der Waals surface area contributed by atoms with E-state index in [2.05, 4.69) is 0 Å². The minimum absolute atomic E-state index is 0.00629. The minimum atomic E-state index is -5.27. The Balaban J connectivity index is 3.37. The second kappa shape index (κ2) is 9.94. The Hall–Kier alpha value is -3.05. The van der Waals surface area contributed by atoms with Crippen molar-refractivity contribution in [3.63, 3.8) is 0 Å². The fourth-order valence-electron chi connectivity index (χ4n) is 2.53. The van der Waals surface area contributed by atoms with E-state index in [1.165, 1.54) is 4.90 Å². The molecular weight excluding hydrogens is 399 g/mol. The Morgan fingerprint density at radius 3 is 2.10 bits per heavy atom. The number of rotatable bonds is 8. The van der Waals surface area contributed by atoms with Crippen LogP contribution in [0.3, 0.4) is 0 Å². The molecule has 0 fully saturated rings. The number of nitro benzene ring substituents is 1. The molecule has 0 aliphatic rings. The highest BCUT2D eigenvalue weighted by molar-refractivity contribution is 6.08. The van der Waals surface area contributed by atoms with Gasteiger partial charge in [0.05, 0.1) is 10.5 Å². The van der Waals surface area contributed by atoms with E-state index in [-0.39, 0.29) is 19.2 Å². The summed E-state index contributed by atoms with van der Waals surface area (Å²) in [6, 6.07) is -1.01. The summed E-state index contributed by atoms with van der Waals surface area (Å²) in [5.74, 6) is -4.63. The monoisotopic (exact) mass is 421 g/mol. The topological polar surface area (TPSA) is 133 Å². The predicted octanol–water partition coefficient (Wildman–Crippen LogP) is 3.78. The molecule has 1 aromatic rings. The normalized spacial score (nSPS) is 11.2. The molecule has 1 rings (SSSR count). The zero-order valence-electron chi connectivity index (χ0n) is 15.9. The number of alkyl halides is 3. The lowest BCUT2D eigenvalue weighted by atomic mass is 10.0. The van der Waals surface area contributed by atoms with Crippen molar-refractivity contribution in [1.82, 2.24) is 10.2 Å². The van der Waals surface area contributed by atoms with Gasteiger partial charge in [0.2, 0.25) is 5.75 Å². The average Bonchev–Trinajstić information content (AvgIpc) is 2.62. The lowest BCUT2D eigenvalue weighted by Gasteiger charge is -2.22. The van der Waals surface area contributed by atoms with Crippen LogP contribution in [0.25, 0.3) is 0 Å². The summed E-state index contributed by atoms with van der Waals surface area (Å²) in [7, 11) is 0. The smallest absolute Gasteiger partial charge is 0.417 e. The lowest BCUT2D eigenvalue weighted by molar-refractivity contribution is -0.386. The van der Waals surface area contributed by atoms with E-state index in [0.29, 0.717) is 12.8 Å². The van der Waals surface area contributed by atoms with Crippen LogP contribution in [0.4, 0.5) is 23.7 Å². The van der Waals surface area contributed by atoms with Crippen LogP contribution >= 0.6 is 0 Å². The summed E-state index contributed by atoms with van der Waals surface area (Å²) in [4.78, 5) is 35.7. The van der Waals surface area contributed by atoms with Crippen LogP contribution in [0, 0.1) is 10.1 Å². The Bertz CT molecular complexity index is 775. The standard InChI is InChI=1S/C17H22F3N3O6/c1-3-5-7-22(8-6-4-2)16(27)21-15(26)12-10(17(18,19)20)9-11(24)14(25)13(12)23(28)29/h9,24-25H,3-8H2,1-2H3,(H,21,26,27). The molecule has 0 bridgehead atoms. The Morgan fingerprint density at radius 2 is 1.69 bits per heavy atom. The van der Waals surface area contributed by atoms with E-state index in [9.17, 15) is 43.1 Å². The summed E-state index contributed by atoms with van der Waals surface area (Å²) in [6.07, 6.45) is -2.66. The third kappa shape index (κ3) is 5.96. The van der Waals surface area contributed by atoms with Crippen molar-refractivity contribution in [2.45, 2.75) is 45.7 Å². The molecule has 0 radical (unpaired) electrons. The van der Waals surface area contributed by atoms with Gasteiger partial charge in [-0.1, -0.05) is 26.7 Å². The number of carbonyl (C=O) groups is 2. The van der Waals surface area contributed by atoms with Gasteiger partial charge in [0.15, 0.2) is 5.75 Å². The number of phenols is 2. The molecule has 0 aliphatic carbocycles. The van der Waals surface area contributed by atoms with E-state index < -0.39 is 51.4 Å². The molecule has 0 saturated carbocycles. The third-order valence-corrected chi connectivity index (χ3v) is 4.04. The first-order valence-corrected chi connectivity index (χ1v) is 8.86. The number of hydrogen-bond acceptors (Lipinski definition) is 6. The molecule has 0 heterocycles. The average molecular weight is 421 g/mol. The number of phenolic OH excluding ortho intramolecular Hbond substituents is 2. The SMILES string of the molecule is CCCCN(CCCC)C(=O)NC(=O)c1c(C(F)(F)F)cc(O)c(O)c1[N+](=O)[O-]. The number of unbranched alkanes of at least 4 members (excludes halogenated alkanes) is 2. The van der Waals surface area contributed by atoms with Gasteiger partial charge in [-0.05, 0) is 18.9 Å². The number of nitrogens with zero attached hydrogens (tertiary/aromatic N) is 2. The van der Waals surface area contributed by atoms with Crippen molar-refractivity contribution in [1.29, 1.82) is 0 Å². The van der Waals surface area contributed by atoms with Crippen LogP contribution < -0.4 is 5.32 Å². The van der Waals surface area contributed by atoms with Crippen LogP contribution in [0.15, 0.2) is 6.07 Å². The van der Waals surface area contributed by atoms with Gasteiger partial charge in [-0.15, -0.1) is 0 Å². The van der Waals surface area contributed by atoms with Gasteiger partial charge in [-0.2, -0.15) is 13.2 Å². The summed E-state index contributed by atoms with van der Waals surface area (Å²) in [6.45, 7) is 4.20. The maximum absolute atomic E-state index is 13.3. The van der Waals surface area contributed by atoms with Gasteiger partial charge in [-0.3, -0.25) is 20.2 Å². The first kappa shape index (κ1) is 24.0. The zero-order chi connectivity index (χ0) is 22.4. The molecule has 162 valence electrons. The Labute approximate surface area is 164 Å². The van der Waals surface area contributed by atoms with Crippen molar-refractivity contribution in [3.8, 4) is 11.5 Å². The molecule has 29 heavy (non-hydrogen) atoms. The maximum Gasteiger partial charge on any atom is 0.417 e. The zero-order valence-corrected chi connectivity index (χ0v) is 15.9. The maximum atomic E-state index is 13.3. The second-order valence-corrected chi connectivity index (χ2v) is 6.22. The number of imide groups is 1. The molecule has 3 amide bonds. The van der Waals surface area contributed by atoms with E-state index in [4.69, 9.17) is 0 Å². The summed E-state index contributed by atoms with van der Waals surface area (Å²) >= 11 is 0. The van der Waals surface area contributed by atoms with Gasteiger partial charge >= 0.3 is 17.9 Å². The van der Waals surface area contributed by atoms with Crippen molar-refractivity contribution in [3.05, 3.63) is 27.3 Å². The number of amides is 3.